The molecule has 1 aromatic heterocycles. The number of hydrogen-bond acceptors (Lipinski definition) is 4. The van der Waals surface area contributed by atoms with Gasteiger partial charge in [0.1, 0.15) is 4.99 Å². The quantitative estimate of drug-likeness (QED) is 0.792. The highest BCUT2D eigenvalue weighted by molar-refractivity contribution is 9.10. The highest BCUT2D eigenvalue weighted by atomic mass is 79.9. The van der Waals surface area contributed by atoms with Crippen LogP contribution in [-0.2, 0) is 6.54 Å². The molecule has 0 saturated carbocycles. The number of thiocarbonyl (C=S) groups is 1. The van der Waals surface area contributed by atoms with E-state index in [1.165, 1.54) is 0 Å². The first kappa shape index (κ1) is 15.7. The van der Waals surface area contributed by atoms with E-state index < -0.39 is 5.82 Å². The summed E-state index contributed by atoms with van der Waals surface area (Å²) >= 11 is 8.02. The first-order chi connectivity index (χ1) is 10.0. The van der Waals surface area contributed by atoms with Crippen LogP contribution in [0.4, 0.5) is 10.1 Å². The molecule has 110 valence electrons. The zero-order valence-corrected chi connectivity index (χ0v) is 13.6. The molecule has 0 bridgehead atoms. The Kier molecular flexibility index (Phi) is 5.08. The number of nitrogens with one attached hydrogen (secondary N) is 1. The fourth-order valence-electron chi connectivity index (χ4n) is 1.71. The molecule has 21 heavy (non-hydrogen) atoms. The lowest BCUT2D eigenvalue weighted by molar-refractivity contribution is 0.397. The van der Waals surface area contributed by atoms with Crippen LogP contribution in [0.2, 0.25) is 0 Å². The number of anilines is 1. The number of methoxy groups -OCH3 is 1. The Labute approximate surface area is 135 Å². The maximum Gasteiger partial charge on any atom is 0.212 e. The molecular formula is C14H13BrFN3OS. The number of benzene rings is 1. The van der Waals surface area contributed by atoms with Gasteiger partial charge in [0.25, 0.3) is 0 Å². The fraction of sp³-hybridized carbons (Fsp3) is 0.143. The number of rotatable bonds is 5. The van der Waals surface area contributed by atoms with E-state index in [0.717, 1.165) is 5.56 Å². The Balaban J connectivity index is 2.12. The highest BCUT2D eigenvalue weighted by Crippen LogP contribution is 2.27. The molecule has 0 aliphatic heterocycles. The van der Waals surface area contributed by atoms with Crippen LogP contribution in [0, 0.1) is 5.82 Å². The molecule has 0 aliphatic rings. The van der Waals surface area contributed by atoms with Gasteiger partial charge in [-0.2, -0.15) is 0 Å². The van der Waals surface area contributed by atoms with Crippen molar-refractivity contribution in [1.29, 1.82) is 0 Å². The van der Waals surface area contributed by atoms with Gasteiger partial charge in [0.05, 0.1) is 17.3 Å². The second-order valence-corrected chi connectivity index (χ2v) is 5.45. The molecule has 1 aromatic carbocycles. The molecule has 0 unspecified atom stereocenters. The minimum atomic E-state index is -0.429. The van der Waals surface area contributed by atoms with Gasteiger partial charge in [-0.3, -0.25) is 0 Å². The van der Waals surface area contributed by atoms with Crippen molar-refractivity contribution in [2.75, 3.05) is 12.4 Å². The summed E-state index contributed by atoms with van der Waals surface area (Å²) in [6, 6.07) is 6.88. The normalized spacial score (nSPS) is 10.2. The fourth-order valence-corrected chi connectivity index (χ4v) is 2.57. The van der Waals surface area contributed by atoms with E-state index in [0.29, 0.717) is 23.7 Å². The van der Waals surface area contributed by atoms with Crippen LogP contribution in [0.5, 0.6) is 5.88 Å². The van der Waals surface area contributed by atoms with Crippen molar-refractivity contribution in [1.82, 2.24) is 4.98 Å². The van der Waals surface area contributed by atoms with Gasteiger partial charge in [-0.1, -0.05) is 18.3 Å². The van der Waals surface area contributed by atoms with E-state index in [1.807, 2.05) is 6.07 Å². The molecule has 0 aliphatic carbocycles. The van der Waals surface area contributed by atoms with Crippen molar-refractivity contribution < 1.29 is 9.13 Å². The Hall–Kier alpha value is -1.73. The minimum absolute atomic E-state index is 0.145. The summed E-state index contributed by atoms with van der Waals surface area (Å²) in [7, 11) is 1.55. The van der Waals surface area contributed by atoms with Crippen LogP contribution < -0.4 is 15.8 Å². The van der Waals surface area contributed by atoms with Crippen molar-refractivity contribution in [3.8, 4) is 5.88 Å². The third-order valence-corrected chi connectivity index (χ3v) is 3.83. The lowest BCUT2D eigenvalue weighted by atomic mass is 10.2. The van der Waals surface area contributed by atoms with Crippen molar-refractivity contribution in [3.63, 3.8) is 0 Å². The SMILES string of the molecule is COc1ccc(CNc2ccc(C(N)=S)c(Br)c2F)cn1. The van der Waals surface area contributed by atoms with Crippen molar-refractivity contribution in [3.05, 3.63) is 51.9 Å². The Morgan fingerprint density at radius 1 is 1.43 bits per heavy atom. The lowest BCUT2D eigenvalue weighted by Crippen LogP contribution is -2.12. The van der Waals surface area contributed by atoms with E-state index in [-0.39, 0.29) is 9.46 Å². The van der Waals surface area contributed by atoms with E-state index in [1.54, 1.807) is 31.5 Å². The molecule has 0 radical (unpaired) electrons. The molecule has 0 amide bonds. The molecule has 0 saturated heterocycles. The third kappa shape index (κ3) is 3.68. The van der Waals surface area contributed by atoms with Crippen LogP contribution in [0.3, 0.4) is 0 Å². The van der Waals surface area contributed by atoms with Crippen LogP contribution in [0.15, 0.2) is 34.9 Å². The van der Waals surface area contributed by atoms with Crippen molar-refractivity contribution in [2.45, 2.75) is 6.54 Å². The van der Waals surface area contributed by atoms with Gasteiger partial charge in [0.15, 0.2) is 5.82 Å². The molecule has 7 heteroatoms. The smallest absolute Gasteiger partial charge is 0.212 e. The second-order valence-electron chi connectivity index (χ2n) is 4.22. The van der Waals surface area contributed by atoms with Gasteiger partial charge in [-0.05, 0) is 33.6 Å². The molecule has 3 N–H and O–H groups in total. The first-order valence-corrected chi connectivity index (χ1v) is 7.23. The predicted octanol–water partition coefficient (Wildman–Crippen LogP) is 3.24. The molecule has 2 aromatic rings. The predicted molar refractivity (Wildman–Crippen MR) is 88.1 cm³/mol. The summed E-state index contributed by atoms with van der Waals surface area (Å²) < 4.78 is 19.4. The summed E-state index contributed by atoms with van der Waals surface area (Å²) in [6.07, 6.45) is 1.67. The maximum atomic E-state index is 14.2. The largest absolute Gasteiger partial charge is 0.481 e. The van der Waals surface area contributed by atoms with E-state index >= 15 is 0 Å². The van der Waals surface area contributed by atoms with Gasteiger partial charge in [0, 0.05) is 24.4 Å². The first-order valence-electron chi connectivity index (χ1n) is 6.03. The molecule has 2 rings (SSSR count). The zero-order valence-electron chi connectivity index (χ0n) is 11.2. The van der Waals surface area contributed by atoms with Gasteiger partial charge < -0.3 is 15.8 Å². The number of hydrogen-bond donors (Lipinski definition) is 2. The van der Waals surface area contributed by atoms with E-state index in [9.17, 15) is 4.39 Å². The number of nitrogens with zero attached hydrogens (tertiary/aromatic N) is 1. The standard InChI is InChI=1S/C14H13BrFN3OS/c1-20-11-5-2-8(7-19-11)6-18-10-4-3-9(14(17)21)12(15)13(10)16/h2-5,7,18H,6H2,1H3,(H2,17,21). The summed E-state index contributed by atoms with van der Waals surface area (Å²) in [5.74, 6) is 0.107. The summed E-state index contributed by atoms with van der Waals surface area (Å²) in [6.45, 7) is 0.437. The Bertz CT molecular complexity index is 664. The number of halogens is 2. The molecule has 0 atom stereocenters. The average Bonchev–Trinajstić information content (AvgIpc) is 2.49. The van der Waals surface area contributed by atoms with Gasteiger partial charge in [-0.25, -0.2) is 9.37 Å². The lowest BCUT2D eigenvalue weighted by Gasteiger charge is -2.11. The van der Waals surface area contributed by atoms with Gasteiger partial charge in [0.2, 0.25) is 5.88 Å². The zero-order chi connectivity index (χ0) is 15.4. The van der Waals surface area contributed by atoms with Crippen molar-refractivity contribution in [2.24, 2.45) is 5.73 Å². The van der Waals surface area contributed by atoms with Gasteiger partial charge >= 0.3 is 0 Å². The second kappa shape index (κ2) is 6.82. The Morgan fingerprint density at radius 3 is 2.76 bits per heavy atom. The Morgan fingerprint density at radius 2 is 2.19 bits per heavy atom. The van der Waals surface area contributed by atoms with E-state index in [4.69, 9.17) is 22.7 Å². The molecular weight excluding hydrogens is 357 g/mol. The topological polar surface area (TPSA) is 60.2 Å². The number of pyridine rings is 1. The van der Waals surface area contributed by atoms with Crippen molar-refractivity contribution >= 4 is 38.8 Å². The van der Waals surface area contributed by atoms with Crippen LogP contribution >= 0.6 is 28.1 Å². The molecule has 4 nitrogen and oxygen atoms in total. The monoisotopic (exact) mass is 369 g/mol. The van der Waals surface area contributed by atoms with Crippen LogP contribution in [-0.4, -0.2) is 17.1 Å². The maximum absolute atomic E-state index is 14.2. The van der Waals surface area contributed by atoms with E-state index in [2.05, 4.69) is 26.2 Å². The molecule has 0 spiro atoms. The minimum Gasteiger partial charge on any atom is -0.481 e. The number of nitrogens with two attached hydrogens (primary N) is 1. The molecule has 0 fully saturated rings. The van der Waals surface area contributed by atoms with Crippen LogP contribution in [0.25, 0.3) is 0 Å². The summed E-state index contributed by atoms with van der Waals surface area (Å²) in [5.41, 5.74) is 7.26. The van der Waals surface area contributed by atoms with Gasteiger partial charge in [-0.15, -0.1) is 0 Å². The number of ether oxygens (including phenoxy) is 1. The molecule has 1 heterocycles. The third-order valence-electron chi connectivity index (χ3n) is 2.84. The summed E-state index contributed by atoms with van der Waals surface area (Å²) in [5, 5.41) is 3.00. The summed E-state index contributed by atoms with van der Waals surface area (Å²) in [4.78, 5) is 4.23. The average molecular weight is 370 g/mol. The highest BCUT2D eigenvalue weighted by Gasteiger charge is 2.12. The number of aromatic nitrogens is 1. The van der Waals surface area contributed by atoms with Crippen LogP contribution in [0.1, 0.15) is 11.1 Å².